The Morgan fingerprint density at radius 1 is 1.00 bits per heavy atom. The molecule has 0 aromatic heterocycles. The summed E-state index contributed by atoms with van der Waals surface area (Å²) in [6, 6.07) is 9.18. The summed E-state index contributed by atoms with van der Waals surface area (Å²) < 4.78 is 13.1. The number of hydrogen-bond acceptors (Lipinski definition) is 1. The van der Waals surface area contributed by atoms with Crippen LogP contribution < -0.4 is 0 Å². The first-order valence-electron chi connectivity index (χ1n) is 10.7. The molecule has 2 heteroatoms. The summed E-state index contributed by atoms with van der Waals surface area (Å²) >= 11 is 0. The van der Waals surface area contributed by atoms with E-state index < -0.39 is 0 Å². The second-order valence-electron chi connectivity index (χ2n) is 8.50. The van der Waals surface area contributed by atoms with Gasteiger partial charge in [0, 0.05) is 6.08 Å². The van der Waals surface area contributed by atoms with Gasteiger partial charge in [0.05, 0.1) is 6.07 Å². The fraction of sp³-hybridized carbons (Fsp3) is 0.560. The van der Waals surface area contributed by atoms with E-state index in [9.17, 15) is 4.39 Å². The Bertz CT molecular complexity index is 665. The fourth-order valence-corrected chi connectivity index (χ4v) is 5.16. The first-order chi connectivity index (χ1) is 13.2. The minimum atomic E-state index is -0.141. The van der Waals surface area contributed by atoms with Gasteiger partial charge in [-0.3, -0.25) is 0 Å². The van der Waals surface area contributed by atoms with Gasteiger partial charge in [0.2, 0.25) is 0 Å². The van der Waals surface area contributed by atoms with E-state index in [0.717, 1.165) is 12.3 Å². The minimum Gasteiger partial charge on any atom is -0.207 e. The molecule has 0 aliphatic heterocycles. The Morgan fingerprint density at radius 3 is 2.19 bits per heavy atom. The third-order valence-corrected chi connectivity index (χ3v) is 6.90. The molecule has 2 fully saturated rings. The third kappa shape index (κ3) is 5.55. The lowest BCUT2D eigenvalue weighted by molar-refractivity contribution is 0.260. The Balaban J connectivity index is 1.41. The molecule has 2 saturated carbocycles. The van der Waals surface area contributed by atoms with Crippen molar-refractivity contribution >= 4 is 0 Å². The van der Waals surface area contributed by atoms with Crippen molar-refractivity contribution in [2.24, 2.45) is 17.8 Å². The van der Waals surface area contributed by atoms with Crippen molar-refractivity contribution in [2.45, 2.75) is 70.1 Å². The minimum absolute atomic E-state index is 0.141. The molecule has 0 atom stereocenters. The molecule has 0 spiro atoms. The van der Waals surface area contributed by atoms with Crippen LogP contribution in [0.15, 0.2) is 48.6 Å². The van der Waals surface area contributed by atoms with Gasteiger partial charge in [0.25, 0.3) is 0 Å². The van der Waals surface area contributed by atoms with E-state index in [0.29, 0.717) is 17.8 Å². The Labute approximate surface area is 164 Å². The van der Waals surface area contributed by atoms with Crippen molar-refractivity contribution in [2.75, 3.05) is 0 Å². The summed E-state index contributed by atoms with van der Waals surface area (Å²) in [6.45, 7) is 4.53. The summed E-state index contributed by atoms with van der Waals surface area (Å²) in [7, 11) is 0. The van der Waals surface area contributed by atoms with E-state index in [-0.39, 0.29) is 5.82 Å². The molecule has 0 unspecified atom stereocenters. The Hall–Kier alpha value is -1.88. The summed E-state index contributed by atoms with van der Waals surface area (Å²) in [5.74, 6) is 2.67. The van der Waals surface area contributed by atoms with Crippen molar-refractivity contribution in [3.8, 4) is 6.07 Å². The van der Waals surface area contributed by atoms with Crippen molar-refractivity contribution < 1.29 is 4.39 Å². The first-order valence-corrected chi connectivity index (χ1v) is 10.7. The molecule has 0 radical (unpaired) electrons. The van der Waals surface area contributed by atoms with Crippen LogP contribution in [0.25, 0.3) is 0 Å². The predicted molar refractivity (Wildman–Crippen MR) is 110 cm³/mol. The van der Waals surface area contributed by atoms with E-state index in [1.165, 1.54) is 68.9 Å². The molecule has 27 heavy (non-hydrogen) atoms. The normalized spacial score (nSPS) is 28.7. The molecular formula is C25H32FN. The highest BCUT2D eigenvalue weighted by Crippen LogP contribution is 2.44. The number of benzene rings is 1. The van der Waals surface area contributed by atoms with Gasteiger partial charge in [0.15, 0.2) is 0 Å². The average Bonchev–Trinajstić information content (AvgIpc) is 2.72. The molecule has 0 saturated heterocycles. The van der Waals surface area contributed by atoms with Crippen LogP contribution in [0.2, 0.25) is 0 Å². The number of halogens is 1. The lowest BCUT2D eigenvalue weighted by Crippen LogP contribution is -2.22. The molecule has 2 aliphatic rings. The highest BCUT2D eigenvalue weighted by molar-refractivity contribution is 5.22. The topological polar surface area (TPSA) is 23.8 Å². The summed E-state index contributed by atoms with van der Waals surface area (Å²) in [4.78, 5) is 0. The zero-order valence-electron chi connectivity index (χ0n) is 16.4. The zero-order chi connectivity index (χ0) is 19.1. The van der Waals surface area contributed by atoms with Crippen molar-refractivity contribution in [1.29, 1.82) is 5.26 Å². The second-order valence-corrected chi connectivity index (χ2v) is 8.50. The fourth-order valence-electron chi connectivity index (χ4n) is 5.16. The van der Waals surface area contributed by atoms with Crippen molar-refractivity contribution in [3.63, 3.8) is 0 Å². The van der Waals surface area contributed by atoms with Gasteiger partial charge in [-0.15, -0.1) is 0 Å². The van der Waals surface area contributed by atoms with Gasteiger partial charge >= 0.3 is 0 Å². The van der Waals surface area contributed by atoms with Crippen LogP contribution in [0.3, 0.4) is 0 Å². The molecule has 1 nitrogen and oxygen atoms in total. The van der Waals surface area contributed by atoms with E-state index in [1.807, 2.05) is 18.2 Å². The van der Waals surface area contributed by atoms with Crippen LogP contribution in [0.5, 0.6) is 0 Å². The summed E-state index contributed by atoms with van der Waals surface area (Å²) in [6.07, 6.45) is 16.0. The van der Waals surface area contributed by atoms with Crippen LogP contribution in [0, 0.1) is 34.9 Å². The standard InChI is InChI=1S/C25H32FN/c1-19(21-8-6-20(7-9-21)5-3-2-4-18-27)22-10-12-23(13-11-22)24-14-16-25(26)17-15-24/h2,4,14-17,20-23H,1,3,5-13H2/b4-2+/t20-,21-,22-,23-. The molecule has 1 aromatic rings. The van der Waals surface area contributed by atoms with E-state index in [4.69, 9.17) is 5.26 Å². The second kappa shape index (κ2) is 9.88. The smallest absolute Gasteiger partial charge is 0.123 e. The summed E-state index contributed by atoms with van der Waals surface area (Å²) in [5, 5.41) is 8.55. The van der Waals surface area contributed by atoms with Crippen molar-refractivity contribution in [1.82, 2.24) is 0 Å². The van der Waals surface area contributed by atoms with E-state index in [1.54, 1.807) is 18.2 Å². The third-order valence-electron chi connectivity index (χ3n) is 6.90. The highest BCUT2D eigenvalue weighted by Gasteiger charge is 2.29. The number of allylic oxidation sites excluding steroid dienone is 3. The molecule has 0 bridgehead atoms. The molecule has 0 N–H and O–H groups in total. The molecule has 1 aromatic carbocycles. The van der Waals surface area contributed by atoms with E-state index >= 15 is 0 Å². The van der Waals surface area contributed by atoms with Crippen LogP contribution in [-0.4, -0.2) is 0 Å². The largest absolute Gasteiger partial charge is 0.207 e. The maximum atomic E-state index is 13.1. The van der Waals surface area contributed by atoms with Gasteiger partial charge in [-0.2, -0.15) is 5.26 Å². The van der Waals surface area contributed by atoms with Gasteiger partial charge < -0.3 is 0 Å². The van der Waals surface area contributed by atoms with Gasteiger partial charge in [-0.05, 0) is 106 Å². The maximum Gasteiger partial charge on any atom is 0.123 e. The van der Waals surface area contributed by atoms with Crippen molar-refractivity contribution in [3.05, 3.63) is 60.0 Å². The van der Waals surface area contributed by atoms with Crippen LogP contribution in [0.1, 0.15) is 75.7 Å². The molecule has 3 rings (SSSR count). The van der Waals surface area contributed by atoms with Crippen LogP contribution >= 0.6 is 0 Å². The summed E-state index contributed by atoms with van der Waals surface area (Å²) in [5.41, 5.74) is 2.81. The monoisotopic (exact) mass is 365 g/mol. The van der Waals surface area contributed by atoms with Crippen LogP contribution in [-0.2, 0) is 0 Å². The zero-order valence-corrected chi connectivity index (χ0v) is 16.4. The van der Waals surface area contributed by atoms with Crippen LogP contribution in [0.4, 0.5) is 4.39 Å². The predicted octanol–water partition coefficient (Wildman–Crippen LogP) is 7.32. The maximum absolute atomic E-state index is 13.1. The Morgan fingerprint density at radius 2 is 1.59 bits per heavy atom. The molecule has 0 heterocycles. The Kier molecular flexibility index (Phi) is 7.27. The lowest BCUT2D eigenvalue weighted by atomic mass is 9.69. The molecule has 144 valence electrons. The number of rotatable bonds is 6. The quantitative estimate of drug-likeness (QED) is 0.382. The SMILES string of the molecule is C=C([C@H]1CC[C@H](CC/C=C/C#N)CC1)[C@H]1CC[C@H](c2ccc(F)cc2)CC1. The lowest BCUT2D eigenvalue weighted by Gasteiger charge is -2.36. The number of hydrogen-bond donors (Lipinski definition) is 0. The van der Waals surface area contributed by atoms with Gasteiger partial charge in [-0.25, -0.2) is 4.39 Å². The molecular weight excluding hydrogens is 333 g/mol. The molecule has 2 aliphatic carbocycles. The van der Waals surface area contributed by atoms with Gasteiger partial charge in [-0.1, -0.05) is 30.4 Å². The molecule has 0 amide bonds. The average molecular weight is 366 g/mol. The number of nitriles is 1. The number of nitrogens with zero attached hydrogens (tertiary/aromatic N) is 1. The van der Waals surface area contributed by atoms with Gasteiger partial charge in [0.1, 0.15) is 5.82 Å². The van der Waals surface area contributed by atoms with E-state index in [2.05, 4.69) is 12.6 Å². The first kappa shape index (κ1) is 19.9. The highest BCUT2D eigenvalue weighted by atomic mass is 19.1.